The van der Waals surface area contributed by atoms with E-state index in [9.17, 15) is 0 Å². The van der Waals surface area contributed by atoms with E-state index in [2.05, 4.69) is 32.9 Å². The summed E-state index contributed by atoms with van der Waals surface area (Å²) in [4.78, 5) is 0. The van der Waals surface area contributed by atoms with Crippen molar-refractivity contribution in [3.8, 4) is 0 Å². The van der Waals surface area contributed by atoms with Crippen LogP contribution >= 0.6 is 0 Å². The molecule has 7 heavy (non-hydrogen) atoms. The summed E-state index contributed by atoms with van der Waals surface area (Å²) in [5.41, 5.74) is 0. The predicted octanol–water partition coefficient (Wildman–Crippen LogP) is 2.42. The summed E-state index contributed by atoms with van der Waals surface area (Å²) in [5.74, 6) is 0.472. The maximum atomic E-state index is 3.79. The fourth-order valence-electron chi connectivity index (χ4n) is 0.368. The average Bonchev–Trinajstić information content (AvgIpc) is 1.61. The van der Waals surface area contributed by atoms with Crippen LogP contribution in [0.3, 0.4) is 0 Å². The van der Waals surface area contributed by atoms with Crippen LogP contribution in [-0.4, -0.2) is 0 Å². The zero-order valence-corrected chi connectivity index (χ0v) is 5.15. The minimum Gasteiger partial charge on any atom is -0.0885 e. The Morgan fingerprint density at radius 1 is 1.71 bits per heavy atom. The molecule has 1 unspecified atom stereocenters. The molecule has 0 aromatic rings. The molecule has 0 saturated heterocycles. The SMILES string of the molecule is [CH2]C(C)C=CCC. The molecule has 0 aromatic carbocycles. The average molecular weight is 97.2 g/mol. The third kappa shape index (κ3) is 5.74. The zero-order valence-electron chi connectivity index (χ0n) is 5.15. The van der Waals surface area contributed by atoms with E-state index in [4.69, 9.17) is 0 Å². The van der Waals surface area contributed by atoms with Gasteiger partial charge in [-0.15, -0.1) is 0 Å². The summed E-state index contributed by atoms with van der Waals surface area (Å²) in [7, 11) is 0. The number of rotatable bonds is 2. The first-order valence-electron chi connectivity index (χ1n) is 2.77. The Labute approximate surface area is 46.2 Å². The van der Waals surface area contributed by atoms with Crippen LogP contribution in [0.4, 0.5) is 0 Å². The summed E-state index contributed by atoms with van der Waals surface area (Å²) < 4.78 is 0. The molecule has 0 rings (SSSR count). The van der Waals surface area contributed by atoms with Crippen molar-refractivity contribution in [3.63, 3.8) is 0 Å². The Morgan fingerprint density at radius 3 is 2.43 bits per heavy atom. The van der Waals surface area contributed by atoms with E-state index >= 15 is 0 Å². The molecule has 0 heterocycles. The van der Waals surface area contributed by atoms with E-state index in [1.807, 2.05) is 0 Å². The lowest BCUT2D eigenvalue weighted by atomic mass is 10.2. The molecule has 0 aliphatic heterocycles. The molecule has 41 valence electrons. The molecule has 1 atom stereocenters. The molecule has 0 aliphatic carbocycles. The van der Waals surface area contributed by atoms with Crippen LogP contribution in [0.2, 0.25) is 0 Å². The second-order valence-electron chi connectivity index (χ2n) is 1.81. The number of allylic oxidation sites excluding steroid dienone is 2. The standard InChI is InChI=1S/C7H13/c1-4-5-6-7(2)3/h5-7H,2,4H2,1,3H3. The third-order valence-electron chi connectivity index (χ3n) is 0.700. The van der Waals surface area contributed by atoms with Crippen LogP contribution in [-0.2, 0) is 0 Å². The highest BCUT2D eigenvalue weighted by Gasteiger charge is 1.78. The van der Waals surface area contributed by atoms with Gasteiger partial charge >= 0.3 is 0 Å². The van der Waals surface area contributed by atoms with Crippen molar-refractivity contribution >= 4 is 0 Å². The van der Waals surface area contributed by atoms with Crippen molar-refractivity contribution in [2.24, 2.45) is 5.92 Å². The van der Waals surface area contributed by atoms with Gasteiger partial charge in [0, 0.05) is 0 Å². The first-order chi connectivity index (χ1) is 3.27. The van der Waals surface area contributed by atoms with Gasteiger partial charge in [-0.2, -0.15) is 0 Å². The molecule has 0 N–H and O–H groups in total. The number of hydrogen-bond donors (Lipinski definition) is 0. The van der Waals surface area contributed by atoms with Gasteiger partial charge in [0.25, 0.3) is 0 Å². The maximum absolute atomic E-state index is 3.79. The van der Waals surface area contributed by atoms with Gasteiger partial charge < -0.3 is 0 Å². The van der Waals surface area contributed by atoms with Crippen molar-refractivity contribution in [2.75, 3.05) is 0 Å². The predicted molar refractivity (Wildman–Crippen MR) is 34.0 cm³/mol. The van der Waals surface area contributed by atoms with Crippen LogP contribution in [0.5, 0.6) is 0 Å². The summed E-state index contributed by atoms with van der Waals surface area (Å²) in [6.45, 7) is 7.99. The Morgan fingerprint density at radius 2 is 2.29 bits per heavy atom. The first kappa shape index (κ1) is 6.74. The van der Waals surface area contributed by atoms with E-state index in [1.165, 1.54) is 0 Å². The van der Waals surface area contributed by atoms with Gasteiger partial charge in [-0.25, -0.2) is 0 Å². The lowest BCUT2D eigenvalue weighted by Crippen LogP contribution is -1.75. The fourth-order valence-corrected chi connectivity index (χ4v) is 0.368. The third-order valence-corrected chi connectivity index (χ3v) is 0.700. The van der Waals surface area contributed by atoms with Gasteiger partial charge in [0.2, 0.25) is 0 Å². The Kier molecular flexibility index (Phi) is 3.77. The number of hydrogen-bond acceptors (Lipinski definition) is 0. The Hall–Kier alpha value is -0.260. The molecule has 0 heteroatoms. The minimum atomic E-state index is 0.472. The molecule has 1 radical (unpaired) electrons. The second kappa shape index (κ2) is 3.91. The lowest BCUT2D eigenvalue weighted by molar-refractivity contribution is 0.926. The van der Waals surface area contributed by atoms with Gasteiger partial charge in [0.15, 0.2) is 0 Å². The summed E-state index contributed by atoms with van der Waals surface area (Å²) in [5, 5.41) is 0. The Bertz CT molecular complexity index is 51.1. The van der Waals surface area contributed by atoms with E-state index in [0.29, 0.717) is 5.92 Å². The largest absolute Gasteiger partial charge is 0.0885 e. The molecule has 0 bridgehead atoms. The van der Waals surface area contributed by atoms with Crippen molar-refractivity contribution < 1.29 is 0 Å². The van der Waals surface area contributed by atoms with Gasteiger partial charge in [-0.3, -0.25) is 0 Å². The summed E-state index contributed by atoms with van der Waals surface area (Å²) >= 11 is 0. The monoisotopic (exact) mass is 97.1 g/mol. The van der Waals surface area contributed by atoms with Crippen LogP contribution in [0.15, 0.2) is 12.2 Å². The van der Waals surface area contributed by atoms with Crippen LogP contribution in [0.1, 0.15) is 20.3 Å². The van der Waals surface area contributed by atoms with E-state index in [-0.39, 0.29) is 0 Å². The molecule has 0 fully saturated rings. The van der Waals surface area contributed by atoms with Gasteiger partial charge in [-0.1, -0.05) is 26.0 Å². The highest BCUT2D eigenvalue weighted by molar-refractivity contribution is 4.85. The van der Waals surface area contributed by atoms with Crippen molar-refractivity contribution in [3.05, 3.63) is 19.1 Å². The lowest BCUT2D eigenvalue weighted by Gasteiger charge is -1.88. The van der Waals surface area contributed by atoms with Crippen molar-refractivity contribution in [1.29, 1.82) is 0 Å². The molecule has 0 aromatic heterocycles. The van der Waals surface area contributed by atoms with Gasteiger partial charge in [0.1, 0.15) is 0 Å². The molecule has 0 aliphatic rings. The minimum absolute atomic E-state index is 0.472. The molecule has 0 saturated carbocycles. The van der Waals surface area contributed by atoms with E-state index in [0.717, 1.165) is 6.42 Å². The van der Waals surface area contributed by atoms with Gasteiger partial charge in [-0.05, 0) is 19.3 Å². The van der Waals surface area contributed by atoms with Crippen molar-refractivity contribution in [2.45, 2.75) is 20.3 Å². The zero-order chi connectivity index (χ0) is 5.70. The van der Waals surface area contributed by atoms with Crippen LogP contribution in [0, 0.1) is 12.8 Å². The van der Waals surface area contributed by atoms with Crippen LogP contribution in [0.25, 0.3) is 0 Å². The Balaban J connectivity index is 3.08. The van der Waals surface area contributed by atoms with Crippen LogP contribution < -0.4 is 0 Å². The molecular weight excluding hydrogens is 84.1 g/mol. The molecular formula is C7H13. The summed E-state index contributed by atoms with van der Waals surface area (Å²) in [6.07, 6.45) is 5.37. The highest BCUT2D eigenvalue weighted by atomic mass is 13.8. The second-order valence-corrected chi connectivity index (χ2v) is 1.81. The smallest absolute Gasteiger partial charge is 0.0262 e. The van der Waals surface area contributed by atoms with E-state index in [1.54, 1.807) is 0 Å². The topological polar surface area (TPSA) is 0 Å². The molecule has 0 amide bonds. The normalized spacial score (nSPS) is 11.4. The van der Waals surface area contributed by atoms with Gasteiger partial charge in [0.05, 0.1) is 0 Å². The summed E-state index contributed by atoms with van der Waals surface area (Å²) in [6, 6.07) is 0. The first-order valence-corrected chi connectivity index (χ1v) is 2.77. The molecule has 0 spiro atoms. The maximum Gasteiger partial charge on any atom is -0.0262 e. The highest BCUT2D eigenvalue weighted by Crippen LogP contribution is 1.92. The molecule has 0 nitrogen and oxygen atoms in total. The van der Waals surface area contributed by atoms with Crippen molar-refractivity contribution in [1.82, 2.24) is 0 Å². The van der Waals surface area contributed by atoms with E-state index < -0.39 is 0 Å². The fraction of sp³-hybridized carbons (Fsp3) is 0.571. The quantitative estimate of drug-likeness (QED) is 0.464.